The highest BCUT2D eigenvalue weighted by molar-refractivity contribution is 5.20. The number of nitrogens with one attached hydrogen (secondary N) is 2. The van der Waals surface area contributed by atoms with Gasteiger partial charge in [0.15, 0.2) is 0 Å². The number of hydrogen-bond acceptors (Lipinski definition) is 3. The zero-order valence-electron chi connectivity index (χ0n) is 9.02. The molecule has 84 valence electrons. The summed E-state index contributed by atoms with van der Waals surface area (Å²) in [4.78, 5) is 0. The molecular formula is C12H15N3O. The lowest BCUT2D eigenvalue weighted by molar-refractivity contribution is 0.313. The van der Waals surface area contributed by atoms with Crippen LogP contribution >= 0.6 is 0 Å². The van der Waals surface area contributed by atoms with Crippen molar-refractivity contribution in [3.8, 4) is 5.75 Å². The average Bonchev–Trinajstić information content (AvgIpc) is 2.83. The summed E-state index contributed by atoms with van der Waals surface area (Å²) in [5.74, 6) is 0.908. The highest BCUT2D eigenvalue weighted by Gasteiger charge is 1.93. The third-order valence-corrected chi connectivity index (χ3v) is 2.16. The van der Waals surface area contributed by atoms with Crippen LogP contribution in [0.5, 0.6) is 5.75 Å². The van der Waals surface area contributed by atoms with Crippen LogP contribution in [0.15, 0.2) is 42.6 Å². The van der Waals surface area contributed by atoms with Gasteiger partial charge in [-0.2, -0.15) is 5.10 Å². The molecule has 1 aromatic carbocycles. The van der Waals surface area contributed by atoms with E-state index in [2.05, 4.69) is 15.5 Å². The molecule has 0 unspecified atom stereocenters. The van der Waals surface area contributed by atoms with Crippen molar-refractivity contribution in [1.29, 1.82) is 0 Å². The van der Waals surface area contributed by atoms with E-state index in [4.69, 9.17) is 4.74 Å². The van der Waals surface area contributed by atoms with Crippen LogP contribution in [0.4, 0.5) is 0 Å². The van der Waals surface area contributed by atoms with Crippen LogP contribution in [0.1, 0.15) is 5.69 Å². The second-order valence-electron chi connectivity index (χ2n) is 3.42. The van der Waals surface area contributed by atoms with E-state index in [9.17, 15) is 0 Å². The van der Waals surface area contributed by atoms with Crippen molar-refractivity contribution in [1.82, 2.24) is 15.5 Å². The van der Waals surface area contributed by atoms with Gasteiger partial charge in [-0.25, -0.2) is 0 Å². The van der Waals surface area contributed by atoms with E-state index in [0.29, 0.717) is 6.61 Å². The molecule has 4 nitrogen and oxygen atoms in total. The first kappa shape index (κ1) is 10.7. The highest BCUT2D eigenvalue weighted by atomic mass is 16.5. The first-order valence-corrected chi connectivity index (χ1v) is 5.32. The number of H-pyrrole nitrogens is 1. The molecule has 2 rings (SSSR count). The van der Waals surface area contributed by atoms with E-state index in [1.807, 2.05) is 36.4 Å². The molecule has 0 bridgehead atoms. The highest BCUT2D eigenvalue weighted by Crippen LogP contribution is 2.07. The van der Waals surface area contributed by atoms with Gasteiger partial charge in [0.05, 0.1) is 0 Å². The lowest BCUT2D eigenvalue weighted by Crippen LogP contribution is -2.20. The maximum absolute atomic E-state index is 5.54. The standard InChI is InChI=1S/C12H15N3O/c1-2-4-12(5-3-1)16-9-8-13-10-11-6-7-14-15-11/h1-7,13H,8-10H2,(H,14,15). The maximum Gasteiger partial charge on any atom is 0.119 e. The number of hydrogen-bond donors (Lipinski definition) is 2. The van der Waals surface area contributed by atoms with E-state index in [1.54, 1.807) is 6.20 Å². The van der Waals surface area contributed by atoms with Gasteiger partial charge in [0.25, 0.3) is 0 Å². The Labute approximate surface area is 94.6 Å². The predicted molar refractivity (Wildman–Crippen MR) is 62.2 cm³/mol. The van der Waals surface area contributed by atoms with Crippen LogP contribution in [0.3, 0.4) is 0 Å². The molecule has 16 heavy (non-hydrogen) atoms. The van der Waals surface area contributed by atoms with Gasteiger partial charge in [0.1, 0.15) is 12.4 Å². The summed E-state index contributed by atoms with van der Waals surface area (Å²) in [6, 6.07) is 11.8. The Kier molecular flexibility index (Phi) is 3.96. The van der Waals surface area contributed by atoms with Gasteiger partial charge in [0.2, 0.25) is 0 Å². The normalized spacial score (nSPS) is 10.2. The van der Waals surface area contributed by atoms with Crippen molar-refractivity contribution in [3.63, 3.8) is 0 Å². The molecule has 0 saturated heterocycles. The minimum absolute atomic E-state index is 0.665. The molecule has 0 saturated carbocycles. The summed E-state index contributed by atoms with van der Waals surface area (Å²) in [7, 11) is 0. The Morgan fingerprint density at radius 3 is 2.81 bits per heavy atom. The van der Waals surface area contributed by atoms with Gasteiger partial charge >= 0.3 is 0 Å². The molecule has 2 aromatic rings. The summed E-state index contributed by atoms with van der Waals surface area (Å²) < 4.78 is 5.54. The van der Waals surface area contributed by atoms with Crippen molar-refractivity contribution in [2.24, 2.45) is 0 Å². The monoisotopic (exact) mass is 217 g/mol. The van der Waals surface area contributed by atoms with Gasteiger partial charge in [-0.05, 0) is 18.2 Å². The van der Waals surface area contributed by atoms with Gasteiger partial charge < -0.3 is 10.1 Å². The summed E-state index contributed by atoms with van der Waals surface area (Å²) in [5, 5.41) is 10.0. The fourth-order valence-electron chi connectivity index (χ4n) is 1.36. The van der Waals surface area contributed by atoms with Crippen LogP contribution in [0, 0.1) is 0 Å². The van der Waals surface area contributed by atoms with Crippen molar-refractivity contribution < 1.29 is 4.74 Å². The Balaban J connectivity index is 1.59. The smallest absolute Gasteiger partial charge is 0.119 e. The van der Waals surface area contributed by atoms with E-state index in [1.165, 1.54) is 0 Å². The SMILES string of the molecule is c1ccc(OCCNCc2ccn[nH]2)cc1. The van der Waals surface area contributed by atoms with Gasteiger partial charge in [-0.1, -0.05) is 18.2 Å². The van der Waals surface area contributed by atoms with E-state index in [-0.39, 0.29) is 0 Å². The first-order chi connectivity index (χ1) is 7.95. The summed E-state index contributed by atoms with van der Waals surface area (Å²) in [6.45, 7) is 2.27. The van der Waals surface area contributed by atoms with Crippen molar-refractivity contribution in [3.05, 3.63) is 48.3 Å². The zero-order valence-corrected chi connectivity index (χ0v) is 9.02. The molecule has 0 aliphatic heterocycles. The minimum atomic E-state index is 0.665. The fourth-order valence-corrected chi connectivity index (χ4v) is 1.36. The molecule has 0 spiro atoms. The summed E-state index contributed by atoms with van der Waals surface area (Å²) in [5.41, 5.74) is 1.08. The maximum atomic E-state index is 5.54. The molecule has 0 aliphatic rings. The summed E-state index contributed by atoms with van der Waals surface area (Å²) in [6.07, 6.45) is 1.75. The fraction of sp³-hybridized carbons (Fsp3) is 0.250. The number of nitrogens with zero attached hydrogens (tertiary/aromatic N) is 1. The number of benzene rings is 1. The van der Waals surface area contributed by atoms with Crippen LogP contribution in [0.25, 0.3) is 0 Å². The first-order valence-electron chi connectivity index (χ1n) is 5.32. The molecule has 1 heterocycles. The molecule has 4 heteroatoms. The second kappa shape index (κ2) is 5.92. The van der Waals surface area contributed by atoms with E-state index < -0.39 is 0 Å². The second-order valence-corrected chi connectivity index (χ2v) is 3.42. The predicted octanol–water partition coefficient (Wildman–Crippen LogP) is 1.58. The number of aromatic amines is 1. The molecule has 0 amide bonds. The molecular weight excluding hydrogens is 202 g/mol. The van der Waals surface area contributed by atoms with E-state index >= 15 is 0 Å². The number of aromatic nitrogens is 2. The quantitative estimate of drug-likeness (QED) is 0.722. The lowest BCUT2D eigenvalue weighted by atomic mass is 10.3. The molecule has 0 radical (unpaired) electrons. The van der Waals surface area contributed by atoms with E-state index in [0.717, 1.165) is 24.5 Å². The number of ether oxygens (including phenoxy) is 1. The Hall–Kier alpha value is -1.81. The molecule has 0 atom stereocenters. The van der Waals surface area contributed by atoms with Crippen molar-refractivity contribution in [2.45, 2.75) is 6.54 Å². The summed E-state index contributed by atoms with van der Waals surface area (Å²) >= 11 is 0. The largest absolute Gasteiger partial charge is 0.492 e. The van der Waals surface area contributed by atoms with Crippen molar-refractivity contribution >= 4 is 0 Å². The molecule has 1 aromatic heterocycles. The topological polar surface area (TPSA) is 49.9 Å². The minimum Gasteiger partial charge on any atom is -0.492 e. The van der Waals surface area contributed by atoms with Crippen LogP contribution < -0.4 is 10.1 Å². The third-order valence-electron chi connectivity index (χ3n) is 2.16. The van der Waals surface area contributed by atoms with Crippen molar-refractivity contribution in [2.75, 3.05) is 13.2 Å². The zero-order chi connectivity index (χ0) is 11.1. The third kappa shape index (κ3) is 3.40. The van der Waals surface area contributed by atoms with Crippen LogP contribution in [-0.2, 0) is 6.54 Å². The number of rotatable bonds is 6. The van der Waals surface area contributed by atoms with Crippen LogP contribution in [-0.4, -0.2) is 23.3 Å². The Morgan fingerprint density at radius 1 is 1.19 bits per heavy atom. The van der Waals surface area contributed by atoms with Crippen LogP contribution in [0.2, 0.25) is 0 Å². The Bertz CT molecular complexity index is 386. The number of para-hydroxylation sites is 1. The van der Waals surface area contributed by atoms with Gasteiger partial charge in [0, 0.05) is 25.0 Å². The molecule has 2 N–H and O–H groups in total. The van der Waals surface area contributed by atoms with Gasteiger partial charge in [-0.15, -0.1) is 0 Å². The van der Waals surface area contributed by atoms with Gasteiger partial charge in [-0.3, -0.25) is 5.10 Å². The lowest BCUT2D eigenvalue weighted by Gasteiger charge is -2.06. The average molecular weight is 217 g/mol. The molecule has 0 aliphatic carbocycles. The molecule has 0 fully saturated rings. The Morgan fingerprint density at radius 2 is 2.06 bits per heavy atom.